The Labute approximate surface area is 98.4 Å². The lowest BCUT2D eigenvalue weighted by Crippen LogP contribution is -2.37. The van der Waals surface area contributed by atoms with Gasteiger partial charge >= 0.3 is 0 Å². The van der Waals surface area contributed by atoms with E-state index in [-0.39, 0.29) is 0 Å². The number of hydrogen-bond donors (Lipinski definition) is 1. The van der Waals surface area contributed by atoms with Crippen molar-refractivity contribution in [1.82, 2.24) is 5.32 Å². The molecular formula is C14H23NO. The molecule has 2 rings (SSSR count). The van der Waals surface area contributed by atoms with Crippen LogP contribution in [0.15, 0.2) is 23.0 Å². The molecular weight excluding hydrogens is 198 g/mol. The van der Waals surface area contributed by atoms with E-state index in [2.05, 4.69) is 18.3 Å². The summed E-state index contributed by atoms with van der Waals surface area (Å²) in [7, 11) is 0. The van der Waals surface area contributed by atoms with E-state index < -0.39 is 0 Å². The highest BCUT2D eigenvalue weighted by molar-refractivity contribution is 5.09. The molecule has 2 nitrogen and oxygen atoms in total. The molecule has 0 saturated heterocycles. The van der Waals surface area contributed by atoms with Crippen molar-refractivity contribution >= 4 is 0 Å². The molecule has 2 heteroatoms. The fraction of sp³-hybridized carbons (Fsp3) is 0.714. The molecule has 1 aromatic heterocycles. The van der Waals surface area contributed by atoms with E-state index in [4.69, 9.17) is 4.42 Å². The first kappa shape index (κ1) is 11.7. The summed E-state index contributed by atoms with van der Waals surface area (Å²) < 4.78 is 5.19. The Balaban J connectivity index is 2.01. The van der Waals surface area contributed by atoms with Gasteiger partial charge in [-0.05, 0) is 42.9 Å². The second-order valence-corrected chi connectivity index (χ2v) is 5.15. The monoisotopic (exact) mass is 221 g/mol. The van der Waals surface area contributed by atoms with Crippen molar-refractivity contribution in [2.45, 2.75) is 45.4 Å². The average molecular weight is 221 g/mol. The van der Waals surface area contributed by atoms with E-state index >= 15 is 0 Å². The molecule has 0 spiro atoms. The summed E-state index contributed by atoms with van der Waals surface area (Å²) >= 11 is 0. The molecule has 0 unspecified atom stereocenters. The van der Waals surface area contributed by atoms with E-state index in [1.807, 2.05) is 6.26 Å². The van der Waals surface area contributed by atoms with Crippen molar-refractivity contribution in [3.05, 3.63) is 24.2 Å². The Morgan fingerprint density at radius 3 is 2.75 bits per heavy atom. The van der Waals surface area contributed by atoms with Crippen LogP contribution in [0, 0.1) is 5.41 Å². The van der Waals surface area contributed by atoms with Crippen molar-refractivity contribution in [2.24, 2.45) is 5.41 Å². The van der Waals surface area contributed by atoms with Crippen LogP contribution in [0.25, 0.3) is 0 Å². The second-order valence-electron chi connectivity index (χ2n) is 5.15. The van der Waals surface area contributed by atoms with E-state index in [0.717, 1.165) is 13.1 Å². The molecule has 1 aliphatic rings. The summed E-state index contributed by atoms with van der Waals surface area (Å²) in [5.74, 6) is 0. The van der Waals surface area contributed by atoms with Crippen LogP contribution in [0.4, 0.5) is 0 Å². The molecule has 0 amide bonds. The Morgan fingerprint density at radius 2 is 2.12 bits per heavy atom. The van der Waals surface area contributed by atoms with Crippen LogP contribution in [0.2, 0.25) is 0 Å². The van der Waals surface area contributed by atoms with Crippen molar-refractivity contribution in [3.8, 4) is 0 Å². The van der Waals surface area contributed by atoms with Crippen molar-refractivity contribution in [3.63, 3.8) is 0 Å². The lowest BCUT2D eigenvalue weighted by atomic mass is 9.70. The zero-order valence-electron chi connectivity index (χ0n) is 10.3. The molecule has 0 aliphatic heterocycles. The van der Waals surface area contributed by atoms with Gasteiger partial charge in [0.2, 0.25) is 0 Å². The van der Waals surface area contributed by atoms with Crippen molar-refractivity contribution in [1.29, 1.82) is 0 Å². The summed E-state index contributed by atoms with van der Waals surface area (Å²) in [5.41, 5.74) is 1.85. The molecule has 1 saturated carbocycles. The van der Waals surface area contributed by atoms with Gasteiger partial charge < -0.3 is 9.73 Å². The summed E-state index contributed by atoms with van der Waals surface area (Å²) in [6.07, 6.45) is 11.8. The maximum Gasteiger partial charge on any atom is 0.0934 e. The van der Waals surface area contributed by atoms with Crippen LogP contribution in [0.1, 0.15) is 44.6 Å². The predicted octanol–water partition coefficient (Wildman–Crippen LogP) is 3.38. The lowest BCUT2D eigenvalue weighted by Gasteiger charge is -2.37. The minimum absolute atomic E-state index is 0.484. The molecule has 0 atom stereocenters. The van der Waals surface area contributed by atoms with Gasteiger partial charge in [-0.3, -0.25) is 0 Å². The maximum atomic E-state index is 5.19. The highest BCUT2D eigenvalue weighted by atomic mass is 16.3. The van der Waals surface area contributed by atoms with Gasteiger partial charge in [0, 0.05) is 6.54 Å². The van der Waals surface area contributed by atoms with Gasteiger partial charge in [0.25, 0.3) is 0 Å². The summed E-state index contributed by atoms with van der Waals surface area (Å²) in [5, 5.41) is 3.54. The Hall–Kier alpha value is -0.760. The number of hydrogen-bond acceptors (Lipinski definition) is 2. The van der Waals surface area contributed by atoms with Crippen LogP contribution >= 0.6 is 0 Å². The predicted molar refractivity (Wildman–Crippen MR) is 66.5 cm³/mol. The zero-order chi connectivity index (χ0) is 11.3. The van der Waals surface area contributed by atoms with Crippen molar-refractivity contribution in [2.75, 3.05) is 13.1 Å². The minimum atomic E-state index is 0.484. The van der Waals surface area contributed by atoms with Crippen LogP contribution < -0.4 is 5.32 Å². The fourth-order valence-electron chi connectivity index (χ4n) is 2.93. The Kier molecular flexibility index (Phi) is 4.05. The average Bonchev–Trinajstić information content (AvgIpc) is 2.80. The molecule has 0 aromatic carbocycles. The third-order valence-electron chi connectivity index (χ3n) is 3.82. The molecule has 1 fully saturated rings. The van der Waals surface area contributed by atoms with Crippen molar-refractivity contribution < 1.29 is 4.42 Å². The fourth-order valence-corrected chi connectivity index (χ4v) is 2.93. The molecule has 90 valence electrons. The van der Waals surface area contributed by atoms with Crippen LogP contribution in [0.3, 0.4) is 0 Å². The molecule has 1 N–H and O–H groups in total. The lowest BCUT2D eigenvalue weighted by molar-refractivity contribution is 0.181. The first-order valence-electron chi connectivity index (χ1n) is 6.56. The Morgan fingerprint density at radius 1 is 1.31 bits per heavy atom. The van der Waals surface area contributed by atoms with Gasteiger partial charge in [-0.1, -0.05) is 26.2 Å². The third kappa shape index (κ3) is 2.88. The SMILES string of the molecule is CCNCC1(Cc2ccoc2)CCCCC1. The van der Waals surface area contributed by atoms with Crippen LogP contribution in [0.5, 0.6) is 0 Å². The first-order valence-corrected chi connectivity index (χ1v) is 6.56. The molecule has 1 aliphatic carbocycles. The molecule has 1 heterocycles. The van der Waals surface area contributed by atoms with E-state index in [1.165, 1.54) is 44.1 Å². The highest BCUT2D eigenvalue weighted by Gasteiger charge is 2.31. The van der Waals surface area contributed by atoms with Gasteiger partial charge in [0.05, 0.1) is 12.5 Å². The van der Waals surface area contributed by atoms with E-state index in [0.29, 0.717) is 5.41 Å². The largest absolute Gasteiger partial charge is 0.472 e. The summed E-state index contributed by atoms with van der Waals surface area (Å²) in [6.45, 7) is 4.43. The van der Waals surface area contributed by atoms with Gasteiger partial charge in [-0.25, -0.2) is 0 Å². The maximum absolute atomic E-state index is 5.19. The number of rotatable bonds is 5. The standard InChI is InChI=1S/C14H23NO/c1-2-15-12-14(7-4-3-5-8-14)10-13-6-9-16-11-13/h6,9,11,15H,2-5,7-8,10,12H2,1H3. The zero-order valence-corrected chi connectivity index (χ0v) is 10.3. The van der Waals surface area contributed by atoms with Gasteiger partial charge in [-0.15, -0.1) is 0 Å². The smallest absolute Gasteiger partial charge is 0.0934 e. The molecule has 0 bridgehead atoms. The topological polar surface area (TPSA) is 25.2 Å². The summed E-state index contributed by atoms with van der Waals surface area (Å²) in [4.78, 5) is 0. The third-order valence-corrected chi connectivity index (χ3v) is 3.82. The summed E-state index contributed by atoms with van der Waals surface area (Å²) in [6, 6.07) is 2.11. The highest BCUT2D eigenvalue weighted by Crippen LogP contribution is 2.38. The Bertz CT molecular complexity index is 286. The van der Waals surface area contributed by atoms with E-state index in [1.54, 1.807) is 6.26 Å². The van der Waals surface area contributed by atoms with Crippen LogP contribution in [-0.4, -0.2) is 13.1 Å². The number of nitrogens with one attached hydrogen (secondary N) is 1. The molecule has 0 radical (unpaired) electrons. The molecule has 1 aromatic rings. The van der Waals surface area contributed by atoms with Gasteiger partial charge in [-0.2, -0.15) is 0 Å². The van der Waals surface area contributed by atoms with Gasteiger partial charge in [0.15, 0.2) is 0 Å². The number of furan rings is 1. The molecule has 16 heavy (non-hydrogen) atoms. The first-order chi connectivity index (χ1) is 7.85. The minimum Gasteiger partial charge on any atom is -0.472 e. The second kappa shape index (κ2) is 5.53. The van der Waals surface area contributed by atoms with Crippen LogP contribution in [-0.2, 0) is 6.42 Å². The normalized spacial score (nSPS) is 19.8. The van der Waals surface area contributed by atoms with Gasteiger partial charge in [0.1, 0.15) is 0 Å². The quantitative estimate of drug-likeness (QED) is 0.824. The van der Waals surface area contributed by atoms with E-state index in [9.17, 15) is 0 Å².